The Morgan fingerprint density at radius 2 is 1.78 bits per heavy atom. The highest BCUT2D eigenvalue weighted by Crippen LogP contribution is 2.49. The molecule has 0 spiro atoms. The highest BCUT2D eigenvalue weighted by molar-refractivity contribution is 5.98. The van der Waals surface area contributed by atoms with Gasteiger partial charge in [-0.25, -0.2) is 4.79 Å². The molecule has 140 valence electrons. The number of carbonyl (C=O) groups excluding carboxylic acids is 1. The number of amides is 1. The van der Waals surface area contributed by atoms with Crippen LogP contribution in [0.5, 0.6) is 11.5 Å². The molecule has 1 heterocycles. The maximum Gasteiger partial charge on any atom is 0.336 e. The van der Waals surface area contributed by atoms with E-state index in [4.69, 9.17) is 9.47 Å². The van der Waals surface area contributed by atoms with Gasteiger partial charge in [-0.2, -0.15) is 0 Å². The van der Waals surface area contributed by atoms with Crippen LogP contribution >= 0.6 is 0 Å². The second-order valence-electron chi connectivity index (χ2n) is 7.13. The first-order valence-corrected chi connectivity index (χ1v) is 8.99. The summed E-state index contributed by atoms with van der Waals surface area (Å²) in [6.07, 6.45) is 0.766. The number of carboxylic acids is 1. The summed E-state index contributed by atoms with van der Waals surface area (Å²) in [5.41, 5.74) is 3.35. The molecular weight excluding hydrogens is 346 g/mol. The summed E-state index contributed by atoms with van der Waals surface area (Å²) in [6.45, 7) is 4.69. The molecule has 6 nitrogen and oxygen atoms in total. The third-order valence-corrected chi connectivity index (χ3v) is 5.18. The SMILES string of the molecule is Cc1cc(C)c(C(=O)O)cc1NC(=O)C1CC1c1ccc2c(c1)OCCO2. The smallest absolute Gasteiger partial charge is 0.336 e. The van der Waals surface area contributed by atoms with Gasteiger partial charge in [0.2, 0.25) is 5.91 Å². The fraction of sp³-hybridized carbons (Fsp3) is 0.333. The van der Waals surface area contributed by atoms with Gasteiger partial charge in [-0.1, -0.05) is 12.1 Å². The van der Waals surface area contributed by atoms with Crippen molar-refractivity contribution in [1.82, 2.24) is 0 Å². The summed E-state index contributed by atoms with van der Waals surface area (Å²) in [4.78, 5) is 24.0. The number of hydrogen-bond acceptors (Lipinski definition) is 4. The third-order valence-electron chi connectivity index (χ3n) is 5.18. The molecule has 6 heteroatoms. The van der Waals surface area contributed by atoms with Gasteiger partial charge in [0, 0.05) is 11.6 Å². The van der Waals surface area contributed by atoms with Crippen LogP contribution in [0.1, 0.15) is 39.4 Å². The Kier molecular flexibility index (Phi) is 4.26. The van der Waals surface area contributed by atoms with E-state index in [1.54, 1.807) is 13.0 Å². The molecule has 1 amide bonds. The number of hydrogen-bond donors (Lipinski definition) is 2. The number of anilines is 1. The van der Waals surface area contributed by atoms with Gasteiger partial charge in [-0.3, -0.25) is 4.79 Å². The van der Waals surface area contributed by atoms with Crippen LogP contribution in [0.15, 0.2) is 30.3 Å². The van der Waals surface area contributed by atoms with Crippen LogP contribution < -0.4 is 14.8 Å². The van der Waals surface area contributed by atoms with E-state index in [9.17, 15) is 14.7 Å². The number of carbonyl (C=O) groups is 2. The first-order valence-electron chi connectivity index (χ1n) is 8.99. The van der Waals surface area contributed by atoms with Crippen LogP contribution in [0, 0.1) is 19.8 Å². The van der Waals surface area contributed by atoms with E-state index in [1.165, 1.54) is 6.07 Å². The van der Waals surface area contributed by atoms with Crippen LogP contribution in [0.25, 0.3) is 0 Å². The summed E-state index contributed by atoms with van der Waals surface area (Å²) in [5.74, 6) is 0.405. The molecule has 1 aliphatic heterocycles. The Bertz CT molecular complexity index is 936. The van der Waals surface area contributed by atoms with Gasteiger partial charge in [0.15, 0.2) is 11.5 Å². The van der Waals surface area contributed by atoms with Crippen LogP contribution in [-0.4, -0.2) is 30.2 Å². The monoisotopic (exact) mass is 367 g/mol. The van der Waals surface area contributed by atoms with Crippen molar-refractivity contribution in [2.24, 2.45) is 5.92 Å². The van der Waals surface area contributed by atoms with E-state index in [-0.39, 0.29) is 23.3 Å². The predicted molar refractivity (Wildman–Crippen MR) is 99.8 cm³/mol. The van der Waals surface area contributed by atoms with Crippen molar-refractivity contribution in [3.63, 3.8) is 0 Å². The van der Waals surface area contributed by atoms with Crippen LogP contribution in [-0.2, 0) is 4.79 Å². The van der Waals surface area contributed by atoms with Gasteiger partial charge in [0.25, 0.3) is 0 Å². The molecule has 0 bridgehead atoms. The lowest BCUT2D eigenvalue weighted by Crippen LogP contribution is -2.17. The number of benzene rings is 2. The molecule has 1 aliphatic carbocycles. The van der Waals surface area contributed by atoms with Crippen molar-refractivity contribution in [3.05, 3.63) is 52.6 Å². The third kappa shape index (κ3) is 3.35. The summed E-state index contributed by atoms with van der Waals surface area (Å²) < 4.78 is 11.1. The van der Waals surface area contributed by atoms with Gasteiger partial charge >= 0.3 is 5.97 Å². The van der Waals surface area contributed by atoms with Crippen molar-refractivity contribution in [2.75, 3.05) is 18.5 Å². The minimum absolute atomic E-state index is 0.0850. The zero-order valence-corrected chi connectivity index (χ0v) is 15.2. The number of ether oxygens (including phenoxy) is 2. The lowest BCUT2D eigenvalue weighted by Gasteiger charge is -2.19. The summed E-state index contributed by atoms with van der Waals surface area (Å²) in [7, 11) is 0. The highest BCUT2D eigenvalue weighted by Gasteiger charge is 2.44. The van der Waals surface area contributed by atoms with E-state index in [2.05, 4.69) is 5.32 Å². The second-order valence-corrected chi connectivity index (χ2v) is 7.13. The summed E-state index contributed by atoms with van der Waals surface area (Å²) >= 11 is 0. The Hall–Kier alpha value is -3.02. The molecule has 2 aromatic carbocycles. The van der Waals surface area contributed by atoms with Gasteiger partial charge in [-0.15, -0.1) is 0 Å². The van der Waals surface area contributed by atoms with Crippen LogP contribution in [0.2, 0.25) is 0 Å². The molecule has 2 N–H and O–H groups in total. The molecule has 1 fully saturated rings. The van der Waals surface area contributed by atoms with Crippen molar-refractivity contribution >= 4 is 17.6 Å². The largest absolute Gasteiger partial charge is 0.486 e. The maximum absolute atomic E-state index is 12.7. The van der Waals surface area contributed by atoms with Crippen molar-refractivity contribution in [3.8, 4) is 11.5 Å². The second kappa shape index (κ2) is 6.61. The quantitative estimate of drug-likeness (QED) is 0.864. The molecule has 2 unspecified atom stereocenters. The lowest BCUT2D eigenvalue weighted by atomic mass is 10.0. The molecule has 2 aliphatic rings. The standard InChI is InChI=1S/C21H21NO5/c1-11-7-12(2)17(10-14(11)21(24)25)22-20(23)16-9-15(16)13-3-4-18-19(8-13)27-6-5-26-18/h3-4,7-8,10,15-16H,5-6,9H2,1-2H3,(H,22,23)(H,24,25). The fourth-order valence-corrected chi connectivity index (χ4v) is 3.59. The summed E-state index contributed by atoms with van der Waals surface area (Å²) in [5, 5.41) is 12.2. The van der Waals surface area contributed by atoms with Gasteiger partial charge < -0.3 is 19.9 Å². The van der Waals surface area contributed by atoms with Gasteiger partial charge in [0.05, 0.1) is 5.56 Å². The minimum Gasteiger partial charge on any atom is -0.486 e. The zero-order valence-electron chi connectivity index (χ0n) is 15.2. The Morgan fingerprint density at radius 1 is 1.04 bits per heavy atom. The van der Waals surface area contributed by atoms with Crippen LogP contribution in [0.3, 0.4) is 0 Å². The number of rotatable bonds is 4. The number of nitrogens with one attached hydrogen (secondary N) is 1. The predicted octanol–water partition coefficient (Wildman–Crippen LogP) is 3.52. The van der Waals surface area contributed by atoms with Crippen molar-refractivity contribution in [2.45, 2.75) is 26.2 Å². The molecule has 2 aromatic rings. The zero-order chi connectivity index (χ0) is 19.1. The van der Waals surface area contributed by atoms with Crippen LogP contribution in [0.4, 0.5) is 5.69 Å². The maximum atomic E-state index is 12.7. The molecular formula is C21H21NO5. The number of aromatic carboxylic acids is 1. The number of fused-ring (bicyclic) bond motifs is 1. The van der Waals surface area contributed by atoms with Gasteiger partial charge in [-0.05, 0) is 61.1 Å². The van der Waals surface area contributed by atoms with E-state index in [0.717, 1.165) is 29.0 Å². The minimum atomic E-state index is -0.997. The molecule has 4 rings (SSSR count). The molecule has 0 radical (unpaired) electrons. The Labute approximate surface area is 157 Å². The Morgan fingerprint density at radius 3 is 2.52 bits per heavy atom. The number of carboxylic acid groups (broad SMARTS) is 1. The topological polar surface area (TPSA) is 84.9 Å². The molecule has 0 saturated heterocycles. The molecule has 0 aromatic heterocycles. The van der Waals surface area contributed by atoms with E-state index in [1.807, 2.05) is 25.1 Å². The fourth-order valence-electron chi connectivity index (χ4n) is 3.59. The lowest BCUT2D eigenvalue weighted by molar-refractivity contribution is -0.117. The normalized spacial score (nSPS) is 20.1. The summed E-state index contributed by atoms with van der Waals surface area (Å²) in [6, 6.07) is 9.13. The van der Waals surface area contributed by atoms with Gasteiger partial charge in [0.1, 0.15) is 13.2 Å². The van der Waals surface area contributed by atoms with E-state index >= 15 is 0 Å². The molecule has 2 atom stereocenters. The van der Waals surface area contributed by atoms with E-state index < -0.39 is 5.97 Å². The highest BCUT2D eigenvalue weighted by atomic mass is 16.6. The number of aryl methyl sites for hydroxylation is 2. The first kappa shape index (κ1) is 17.4. The van der Waals surface area contributed by atoms with E-state index in [0.29, 0.717) is 24.5 Å². The average Bonchev–Trinajstić information content (AvgIpc) is 3.44. The molecule has 1 saturated carbocycles. The van der Waals surface area contributed by atoms with Crippen molar-refractivity contribution < 1.29 is 24.2 Å². The Balaban J connectivity index is 1.48. The average molecular weight is 367 g/mol. The molecule has 27 heavy (non-hydrogen) atoms. The van der Waals surface area contributed by atoms with Crippen molar-refractivity contribution in [1.29, 1.82) is 0 Å². The first-order chi connectivity index (χ1) is 12.9.